The molecule has 6 nitrogen and oxygen atoms in total. The van der Waals surface area contributed by atoms with Gasteiger partial charge in [-0.3, -0.25) is 4.99 Å². The van der Waals surface area contributed by atoms with Crippen molar-refractivity contribution in [3.8, 4) is 0 Å². The van der Waals surface area contributed by atoms with Crippen LogP contribution < -0.4 is 15.5 Å². The van der Waals surface area contributed by atoms with Crippen molar-refractivity contribution in [2.24, 2.45) is 10.4 Å². The Labute approximate surface area is 160 Å². The lowest BCUT2D eigenvalue weighted by Crippen LogP contribution is -2.49. The van der Waals surface area contributed by atoms with Gasteiger partial charge in [-0.25, -0.2) is 0 Å². The van der Waals surface area contributed by atoms with Crippen LogP contribution in [0.25, 0.3) is 0 Å². The van der Waals surface area contributed by atoms with Gasteiger partial charge >= 0.3 is 0 Å². The van der Waals surface area contributed by atoms with Gasteiger partial charge in [-0.2, -0.15) is 0 Å². The first-order valence-corrected chi connectivity index (χ1v) is 10.6. The highest BCUT2D eigenvalue weighted by molar-refractivity contribution is 7.14. The van der Waals surface area contributed by atoms with E-state index in [0.717, 1.165) is 64.5 Å². The number of hydrogen-bond donors (Lipinski definition) is 3. The molecule has 2 fully saturated rings. The molecule has 3 heterocycles. The van der Waals surface area contributed by atoms with Gasteiger partial charge in [0.1, 0.15) is 0 Å². The van der Waals surface area contributed by atoms with E-state index in [1.807, 2.05) is 11.3 Å². The average Bonchev–Trinajstić information content (AvgIpc) is 3.22. The summed E-state index contributed by atoms with van der Waals surface area (Å²) in [5, 5.41) is 20.3. The fourth-order valence-electron chi connectivity index (χ4n) is 3.62. The zero-order valence-electron chi connectivity index (χ0n) is 15.7. The summed E-state index contributed by atoms with van der Waals surface area (Å²) in [6.07, 6.45) is 3.99. The van der Waals surface area contributed by atoms with Gasteiger partial charge in [0.25, 0.3) is 0 Å². The van der Waals surface area contributed by atoms with Crippen molar-refractivity contribution in [1.29, 1.82) is 0 Å². The normalized spacial score (nSPS) is 21.6. The van der Waals surface area contributed by atoms with Crippen LogP contribution in [-0.2, 0) is 4.74 Å². The number of nitrogens with zero attached hydrogens (tertiary/aromatic N) is 2. The van der Waals surface area contributed by atoms with Crippen molar-refractivity contribution >= 4 is 22.3 Å². The summed E-state index contributed by atoms with van der Waals surface area (Å²) in [5.41, 5.74) is -0.122. The number of aliphatic imine (C=N–C) groups is 1. The molecule has 2 aliphatic heterocycles. The third-order valence-corrected chi connectivity index (χ3v) is 6.39. The molecule has 0 atom stereocenters. The number of piperidine rings is 1. The molecule has 146 valence electrons. The monoisotopic (exact) mass is 380 g/mol. The number of anilines is 1. The maximum atomic E-state index is 9.86. The summed E-state index contributed by atoms with van der Waals surface area (Å²) < 4.78 is 5.45. The van der Waals surface area contributed by atoms with E-state index in [0.29, 0.717) is 12.6 Å². The minimum Gasteiger partial charge on any atom is -0.396 e. The van der Waals surface area contributed by atoms with Crippen LogP contribution in [0.15, 0.2) is 22.5 Å². The molecular formula is C19H32N4O2S. The lowest BCUT2D eigenvalue weighted by Gasteiger charge is -2.35. The Bertz CT molecular complexity index is 550. The van der Waals surface area contributed by atoms with Crippen molar-refractivity contribution in [1.82, 2.24) is 10.6 Å². The molecule has 0 spiro atoms. The molecular weight excluding hydrogens is 348 g/mol. The minimum absolute atomic E-state index is 0.122. The molecule has 1 aromatic heterocycles. The van der Waals surface area contributed by atoms with E-state index in [4.69, 9.17) is 9.73 Å². The predicted molar refractivity (Wildman–Crippen MR) is 108 cm³/mol. The van der Waals surface area contributed by atoms with E-state index < -0.39 is 0 Å². The first-order chi connectivity index (χ1) is 12.7. The van der Waals surface area contributed by atoms with Gasteiger partial charge in [-0.15, -0.1) is 11.3 Å². The Morgan fingerprint density at radius 1 is 1.38 bits per heavy atom. The first-order valence-electron chi connectivity index (χ1n) is 9.76. The quantitative estimate of drug-likeness (QED) is 0.521. The third kappa shape index (κ3) is 5.11. The predicted octanol–water partition coefficient (Wildman–Crippen LogP) is 2.06. The van der Waals surface area contributed by atoms with E-state index in [1.54, 1.807) is 0 Å². The molecule has 7 heteroatoms. The van der Waals surface area contributed by atoms with Crippen molar-refractivity contribution < 1.29 is 9.84 Å². The van der Waals surface area contributed by atoms with Gasteiger partial charge in [0.15, 0.2) is 5.96 Å². The van der Waals surface area contributed by atoms with E-state index in [2.05, 4.69) is 40.0 Å². The van der Waals surface area contributed by atoms with Crippen LogP contribution in [0.5, 0.6) is 0 Å². The second-order valence-corrected chi connectivity index (χ2v) is 8.25. The highest BCUT2D eigenvalue weighted by atomic mass is 32.1. The van der Waals surface area contributed by atoms with Crippen LogP contribution in [0.1, 0.15) is 32.6 Å². The van der Waals surface area contributed by atoms with E-state index in [9.17, 15) is 5.11 Å². The second-order valence-electron chi connectivity index (χ2n) is 7.32. The van der Waals surface area contributed by atoms with E-state index in [1.165, 1.54) is 5.00 Å². The molecule has 0 saturated carbocycles. The highest BCUT2D eigenvalue weighted by Crippen LogP contribution is 2.30. The van der Waals surface area contributed by atoms with Gasteiger partial charge in [0, 0.05) is 44.3 Å². The summed E-state index contributed by atoms with van der Waals surface area (Å²) in [7, 11) is 0. The number of aliphatic hydroxyl groups excluding tert-OH is 1. The highest BCUT2D eigenvalue weighted by Gasteiger charge is 2.32. The van der Waals surface area contributed by atoms with Crippen LogP contribution in [0, 0.1) is 5.41 Å². The van der Waals surface area contributed by atoms with Gasteiger partial charge < -0.3 is 25.4 Å². The maximum Gasteiger partial charge on any atom is 0.191 e. The van der Waals surface area contributed by atoms with Crippen LogP contribution in [0.2, 0.25) is 0 Å². The first kappa shape index (κ1) is 19.5. The summed E-state index contributed by atoms with van der Waals surface area (Å²) in [6, 6.07) is 4.77. The van der Waals surface area contributed by atoms with Crippen molar-refractivity contribution in [2.45, 2.75) is 38.6 Å². The van der Waals surface area contributed by atoms with E-state index >= 15 is 0 Å². The Kier molecular flexibility index (Phi) is 7.16. The lowest BCUT2D eigenvalue weighted by atomic mass is 9.81. The summed E-state index contributed by atoms with van der Waals surface area (Å²) in [4.78, 5) is 7.28. The Balaban J connectivity index is 1.53. The van der Waals surface area contributed by atoms with Gasteiger partial charge in [0.2, 0.25) is 0 Å². The number of ether oxygens (including phenoxy) is 1. The van der Waals surface area contributed by atoms with Crippen LogP contribution >= 0.6 is 11.3 Å². The number of nitrogens with one attached hydrogen (secondary N) is 2. The molecule has 1 aromatic rings. The maximum absolute atomic E-state index is 9.86. The lowest BCUT2D eigenvalue weighted by molar-refractivity contribution is -0.0106. The molecule has 0 aromatic carbocycles. The SMILES string of the molecule is CCNC(=NCC1(CO)CCOCC1)NC1CCN(c2cccs2)CC1. The topological polar surface area (TPSA) is 69.1 Å². The number of hydrogen-bond acceptors (Lipinski definition) is 5. The summed E-state index contributed by atoms with van der Waals surface area (Å²) in [5.74, 6) is 0.876. The Morgan fingerprint density at radius 2 is 2.15 bits per heavy atom. The number of aliphatic hydroxyl groups is 1. The smallest absolute Gasteiger partial charge is 0.191 e. The number of thiophene rings is 1. The largest absolute Gasteiger partial charge is 0.396 e. The number of guanidine groups is 1. The van der Waals surface area contributed by atoms with Crippen molar-refractivity contribution in [2.75, 3.05) is 50.9 Å². The van der Waals surface area contributed by atoms with E-state index in [-0.39, 0.29) is 12.0 Å². The van der Waals surface area contributed by atoms with Crippen LogP contribution in [-0.4, -0.2) is 63.1 Å². The number of rotatable bonds is 6. The molecule has 0 amide bonds. The van der Waals surface area contributed by atoms with Crippen LogP contribution in [0.3, 0.4) is 0 Å². The minimum atomic E-state index is -0.122. The molecule has 0 aliphatic carbocycles. The molecule has 0 radical (unpaired) electrons. The second kappa shape index (κ2) is 9.58. The molecule has 2 aliphatic rings. The molecule has 0 bridgehead atoms. The van der Waals surface area contributed by atoms with Crippen molar-refractivity contribution in [3.05, 3.63) is 17.5 Å². The summed E-state index contributed by atoms with van der Waals surface area (Å²) >= 11 is 1.81. The molecule has 0 unspecified atom stereocenters. The van der Waals surface area contributed by atoms with Crippen molar-refractivity contribution in [3.63, 3.8) is 0 Å². The Hall–Kier alpha value is -1.31. The molecule has 26 heavy (non-hydrogen) atoms. The standard InChI is InChI=1S/C19H32N4O2S/c1-2-20-18(21-14-19(15-24)7-11-25-12-8-19)22-16-5-9-23(10-6-16)17-4-3-13-26-17/h3-4,13,16,24H,2,5-12,14-15H2,1H3,(H2,20,21,22). The molecule has 3 rings (SSSR count). The zero-order chi connectivity index (χ0) is 18.2. The average molecular weight is 381 g/mol. The Morgan fingerprint density at radius 3 is 2.77 bits per heavy atom. The fourth-order valence-corrected chi connectivity index (χ4v) is 4.41. The van der Waals surface area contributed by atoms with Gasteiger partial charge in [0.05, 0.1) is 18.2 Å². The molecule has 2 saturated heterocycles. The van der Waals surface area contributed by atoms with Gasteiger partial charge in [-0.05, 0) is 50.1 Å². The fraction of sp³-hybridized carbons (Fsp3) is 0.737. The third-order valence-electron chi connectivity index (χ3n) is 5.46. The summed E-state index contributed by atoms with van der Waals surface area (Å²) in [6.45, 7) is 7.37. The van der Waals surface area contributed by atoms with Crippen LogP contribution in [0.4, 0.5) is 5.00 Å². The van der Waals surface area contributed by atoms with Gasteiger partial charge in [-0.1, -0.05) is 0 Å². The molecule has 3 N–H and O–H groups in total. The zero-order valence-corrected chi connectivity index (χ0v) is 16.6.